The average Bonchev–Trinajstić information content (AvgIpc) is 2.39. The zero-order valence-corrected chi connectivity index (χ0v) is 13.9. The van der Waals surface area contributed by atoms with Crippen LogP contribution < -0.4 is 9.47 Å². The fraction of sp³-hybridized carbons (Fsp3) is 0.154. The fourth-order valence-electron chi connectivity index (χ4n) is 1.46. The molecule has 0 N–H and O–H groups in total. The van der Waals surface area contributed by atoms with Crippen LogP contribution in [0.2, 0.25) is 5.02 Å². The van der Waals surface area contributed by atoms with E-state index < -0.39 is 0 Å². The van der Waals surface area contributed by atoms with Crippen molar-refractivity contribution in [2.45, 2.75) is 6.61 Å². The second-order valence-electron chi connectivity index (χ2n) is 3.67. The van der Waals surface area contributed by atoms with Crippen LogP contribution in [0.25, 0.3) is 0 Å². The van der Waals surface area contributed by atoms with E-state index in [1.165, 1.54) is 0 Å². The first-order chi connectivity index (χ1) is 9.10. The number of ether oxygens (including phenoxy) is 2. The van der Waals surface area contributed by atoms with Crippen molar-refractivity contribution < 1.29 is 9.47 Å². The van der Waals surface area contributed by atoms with Gasteiger partial charge in [0.1, 0.15) is 18.1 Å². The fourth-order valence-corrected chi connectivity index (χ4v) is 2.56. The van der Waals surface area contributed by atoms with E-state index in [1.807, 2.05) is 12.1 Å². The number of hydrogen-bond donors (Lipinski definition) is 0. The molecule has 0 unspecified atom stereocenters. The van der Waals surface area contributed by atoms with Gasteiger partial charge in [-0.25, -0.2) is 0 Å². The maximum Gasteiger partial charge on any atom is 0.135 e. The van der Waals surface area contributed by atoms with E-state index in [9.17, 15) is 0 Å². The van der Waals surface area contributed by atoms with Crippen molar-refractivity contribution in [3.63, 3.8) is 0 Å². The first-order valence-corrected chi connectivity index (χ1v) is 7.33. The summed E-state index contributed by atoms with van der Waals surface area (Å²) < 4.78 is 12.5. The minimum atomic E-state index is 0.345. The first kappa shape index (κ1) is 14.6. The van der Waals surface area contributed by atoms with Gasteiger partial charge in [-0.05, 0) is 56.1 Å². The Morgan fingerprint density at radius 2 is 1.84 bits per heavy atom. The molecule has 0 aliphatic heterocycles. The van der Waals surface area contributed by atoms with Crippen LogP contribution in [-0.4, -0.2) is 12.1 Å². The van der Waals surface area contributed by atoms with Gasteiger partial charge in [-0.2, -0.15) is 0 Å². The molecule has 0 spiro atoms. The van der Waals surface area contributed by atoms with Gasteiger partial charge in [-0.3, -0.25) is 4.98 Å². The Hall–Kier alpha value is -0.780. The smallest absolute Gasteiger partial charge is 0.135 e. The molecule has 0 saturated carbocycles. The first-order valence-electron chi connectivity index (χ1n) is 5.36. The van der Waals surface area contributed by atoms with Crippen molar-refractivity contribution in [3.05, 3.63) is 50.1 Å². The van der Waals surface area contributed by atoms with E-state index in [2.05, 4.69) is 36.8 Å². The molecule has 0 aliphatic carbocycles. The Kier molecular flexibility index (Phi) is 5.07. The van der Waals surface area contributed by atoms with Crippen molar-refractivity contribution in [1.82, 2.24) is 4.98 Å². The monoisotopic (exact) mass is 405 g/mol. The maximum atomic E-state index is 5.89. The molecule has 100 valence electrons. The van der Waals surface area contributed by atoms with Crippen molar-refractivity contribution in [2.75, 3.05) is 7.11 Å². The van der Waals surface area contributed by atoms with Crippen LogP contribution in [0, 0.1) is 0 Å². The summed E-state index contributed by atoms with van der Waals surface area (Å²) in [7, 11) is 1.61. The van der Waals surface area contributed by atoms with Crippen LogP contribution in [0.15, 0.2) is 39.4 Å². The summed E-state index contributed by atoms with van der Waals surface area (Å²) in [5.74, 6) is 1.44. The lowest BCUT2D eigenvalue weighted by atomic mass is 10.3. The summed E-state index contributed by atoms with van der Waals surface area (Å²) in [5, 5.41) is 0.642. The summed E-state index contributed by atoms with van der Waals surface area (Å²) in [4.78, 5) is 4.18. The lowest BCUT2D eigenvalue weighted by molar-refractivity contribution is 0.298. The third kappa shape index (κ3) is 3.84. The van der Waals surface area contributed by atoms with Gasteiger partial charge < -0.3 is 9.47 Å². The number of aromatic nitrogens is 1. The largest absolute Gasteiger partial charge is 0.496 e. The van der Waals surface area contributed by atoms with E-state index in [1.54, 1.807) is 25.4 Å². The molecular formula is C13H10Br2ClNO2. The lowest BCUT2D eigenvalue weighted by Gasteiger charge is -2.11. The van der Waals surface area contributed by atoms with Gasteiger partial charge in [0.2, 0.25) is 0 Å². The Morgan fingerprint density at radius 3 is 2.53 bits per heavy atom. The van der Waals surface area contributed by atoms with Gasteiger partial charge in [-0.15, -0.1) is 0 Å². The Morgan fingerprint density at radius 1 is 1.16 bits per heavy atom. The summed E-state index contributed by atoms with van der Waals surface area (Å²) in [6.07, 6.45) is 1.65. The zero-order chi connectivity index (χ0) is 13.8. The third-order valence-electron chi connectivity index (χ3n) is 2.36. The van der Waals surface area contributed by atoms with Gasteiger partial charge in [0.05, 0.1) is 21.7 Å². The zero-order valence-electron chi connectivity index (χ0n) is 9.99. The van der Waals surface area contributed by atoms with Crippen LogP contribution in [0.5, 0.6) is 11.5 Å². The molecule has 0 radical (unpaired) electrons. The number of methoxy groups -OCH3 is 1. The van der Waals surface area contributed by atoms with Crippen LogP contribution in [0.1, 0.15) is 5.69 Å². The van der Waals surface area contributed by atoms with E-state index in [4.69, 9.17) is 21.1 Å². The molecule has 0 bridgehead atoms. The normalized spacial score (nSPS) is 10.3. The minimum Gasteiger partial charge on any atom is -0.496 e. The highest BCUT2D eigenvalue weighted by Crippen LogP contribution is 2.36. The average molecular weight is 407 g/mol. The molecule has 1 heterocycles. The number of halogens is 3. The molecular weight excluding hydrogens is 397 g/mol. The van der Waals surface area contributed by atoms with Crippen LogP contribution in [0.4, 0.5) is 0 Å². The third-order valence-corrected chi connectivity index (χ3v) is 3.84. The maximum absolute atomic E-state index is 5.89. The molecule has 1 aromatic heterocycles. The molecule has 0 fully saturated rings. The Labute approximate surface area is 133 Å². The van der Waals surface area contributed by atoms with Crippen molar-refractivity contribution in [2.24, 2.45) is 0 Å². The summed E-state index contributed by atoms with van der Waals surface area (Å²) in [6, 6.07) is 7.18. The topological polar surface area (TPSA) is 31.4 Å². The molecule has 1 aromatic carbocycles. The highest BCUT2D eigenvalue weighted by molar-refractivity contribution is 9.11. The summed E-state index contributed by atoms with van der Waals surface area (Å²) >= 11 is 12.7. The molecule has 3 nitrogen and oxygen atoms in total. The predicted octanol–water partition coefficient (Wildman–Crippen LogP) is 4.85. The van der Waals surface area contributed by atoms with Crippen molar-refractivity contribution >= 4 is 43.5 Å². The number of pyridine rings is 1. The minimum absolute atomic E-state index is 0.345. The van der Waals surface area contributed by atoms with Gasteiger partial charge >= 0.3 is 0 Å². The van der Waals surface area contributed by atoms with Gasteiger partial charge in [-0.1, -0.05) is 11.6 Å². The van der Waals surface area contributed by atoms with E-state index in [0.29, 0.717) is 17.4 Å². The van der Waals surface area contributed by atoms with E-state index in [-0.39, 0.29) is 0 Å². The van der Waals surface area contributed by atoms with E-state index in [0.717, 1.165) is 20.4 Å². The highest BCUT2D eigenvalue weighted by Gasteiger charge is 2.08. The van der Waals surface area contributed by atoms with Crippen molar-refractivity contribution in [1.29, 1.82) is 0 Å². The van der Waals surface area contributed by atoms with Crippen LogP contribution >= 0.6 is 43.5 Å². The highest BCUT2D eigenvalue weighted by atomic mass is 79.9. The predicted molar refractivity (Wildman–Crippen MR) is 82.0 cm³/mol. The Balaban J connectivity index is 2.13. The molecule has 0 amide bonds. The summed E-state index contributed by atoms with van der Waals surface area (Å²) in [6.45, 7) is 0.345. The number of hydrogen-bond acceptors (Lipinski definition) is 3. The van der Waals surface area contributed by atoms with Crippen molar-refractivity contribution in [3.8, 4) is 11.5 Å². The second-order valence-corrected chi connectivity index (χ2v) is 5.82. The Bertz CT molecular complexity index is 593. The summed E-state index contributed by atoms with van der Waals surface area (Å²) in [5.41, 5.74) is 0.770. The van der Waals surface area contributed by atoms with Crippen LogP contribution in [-0.2, 0) is 6.61 Å². The lowest BCUT2D eigenvalue weighted by Crippen LogP contribution is -1.99. The molecule has 19 heavy (non-hydrogen) atoms. The van der Waals surface area contributed by atoms with Crippen LogP contribution in [0.3, 0.4) is 0 Å². The van der Waals surface area contributed by atoms with E-state index >= 15 is 0 Å². The molecule has 0 saturated heterocycles. The molecule has 6 heteroatoms. The van der Waals surface area contributed by atoms with Gasteiger partial charge in [0.25, 0.3) is 0 Å². The number of nitrogens with zero attached hydrogens (tertiary/aromatic N) is 1. The molecule has 0 atom stereocenters. The second kappa shape index (κ2) is 6.59. The molecule has 2 rings (SSSR count). The molecule has 2 aromatic rings. The number of rotatable bonds is 4. The molecule has 0 aliphatic rings. The van der Waals surface area contributed by atoms with Gasteiger partial charge in [0, 0.05) is 11.2 Å². The standard InChI is InChI=1S/C13H10Br2ClNO2/c1-18-12-5-11(15)13(6-10(12)14)19-7-9-4-8(16)2-3-17-9/h2-6H,7H2,1H3. The SMILES string of the molecule is COc1cc(Br)c(OCc2cc(Cl)ccn2)cc1Br. The quantitative estimate of drug-likeness (QED) is 0.726. The number of benzene rings is 1. The van der Waals surface area contributed by atoms with Gasteiger partial charge in [0.15, 0.2) is 0 Å².